The molecule has 2 heterocycles. The van der Waals surface area contributed by atoms with Gasteiger partial charge in [0.15, 0.2) is 5.96 Å². The lowest BCUT2D eigenvalue weighted by molar-refractivity contribution is -0.181. The third kappa shape index (κ3) is 6.34. The summed E-state index contributed by atoms with van der Waals surface area (Å²) in [5, 5.41) is 7.61. The van der Waals surface area contributed by atoms with Crippen LogP contribution >= 0.6 is 24.0 Å². The molecular weight excluding hydrogens is 508 g/mol. The van der Waals surface area contributed by atoms with Crippen molar-refractivity contribution in [3.8, 4) is 0 Å². The molecule has 1 unspecified atom stereocenters. The molecule has 0 radical (unpaired) electrons. The predicted octanol–water partition coefficient (Wildman–Crippen LogP) is 3.19. The number of nitrogens with one attached hydrogen (secondary N) is 1. The first-order valence-corrected chi connectivity index (χ1v) is 9.69. The van der Waals surface area contributed by atoms with E-state index in [1.165, 1.54) is 11.8 Å². The maximum Gasteiger partial charge on any atom is 0.403 e. The average Bonchev–Trinajstić information content (AvgIpc) is 3.22. The molecule has 1 aromatic heterocycles. The van der Waals surface area contributed by atoms with Crippen LogP contribution in [0.5, 0.6) is 0 Å². The molecule has 1 aromatic carbocycles. The van der Waals surface area contributed by atoms with Crippen molar-refractivity contribution >= 4 is 29.9 Å². The molecule has 0 amide bonds. The van der Waals surface area contributed by atoms with Crippen LogP contribution in [-0.2, 0) is 13.1 Å². The van der Waals surface area contributed by atoms with Crippen molar-refractivity contribution in [3.05, 3.63) is 53.9 Å². The highest BCUT2D eigenvalue weighted by molar-refractivity contribution is 14.0. The molecule has 166 valence electrons. The Kier molecular flexibility index (Phi) is 8.95. The van der Waals surface area contributed by atoms with Gasteiger partial charge < -0.3 is 10.2 Å². The van der Waals surface area contributed by atoms with E-state index in [1.807, 2.05) is 34.0 Å². The summed E-state index contributed by atoms with van der Waals surface area (Å²) in [6.45, 7) is 4.22. The van der Waals surface area contributed by atoms with Gasteiger partial charge in [-0.1, -0.05) is 24.3 Å². The Bertz CT molecular complexity index is 801. The lowest BCUT2D eigenvalue weighted by Gasteiger charge is -2.39. The third-order valence-corrected chi connectivity index (χ3v) is 5.29. The van der Waals surface area contributed by atoms with Gasteiger partial charge in [0.25, 0.3) is 0 Å². The number of rotatable bonds is 5. The molecule has 1 atom stereocenters. The molecular formula is C20H28F3IN6. The number of alkyl halides is 3. The molecule has 30 heavy (non-hydrogen) atoms. The van der Waals surface area contributed by atoms with Gasteiger partial charge in [0.1, 0.15) is 6.04 Å². The van der Waals surface area contributed by atoms with Gasteiger partial charge in [-0.15, -0.1) is 24.0 Å². The van der Waals surface area contributed by atoms with Crippen molar-refractivity contribution in [2.24, 2.45) is 4.99 Å². The topological polar surface area (TPSA) is 48.7 Å². The SMILES string of the molecule is CN=C(NCc1ccccc1Cn1cccn1)N1CCN(C(C)C(F)(F)F)CC1.I. The molecule has 3 rings (SSSR count). The van der Waals surface area contributed by atoms with Gasteiger partial charge in [0.05, 0.1) is 6.54 Å². The maximum atomic E-state index is 12.9. The number of halogens is 4. The lowest BCUT2D eigenvalue weighted by atomic mass is 10.1. The van der Waals surface area contributed by atoms with E-state index >= 15 is 0 Å². The van der Waals surface area contributed by atoms with Crippen LogP contribution in [-0.4, -0.2) is 71.0 Å². The minimum absolute atomic E-state index is 0. The zero-order valence-corrected chi connectivity index (χ0v) is 19.5. The number of benzene rings is 1. The second-order valence-electron chi connectivity index (χ2n) is 7.11. The van der Waals surface area contributed by atoms with Gasteiger partial charge in [-0.2, -0.15) is 18.3 Å². The third-order valence-electron chi connectivity index (χ3n) is 5.29. The molecule has 1 saturated heterocycles. The lowest BCUT2D eigenvalue weighted by Crippen LogP contribution is -2.56. The van der Waals surface area contributed by atoms with E-state index in [0.29, 0.717) is 45.2 Å². The van der Waals surface area contributed by atoms with Crippen LogP contribution in [0.4, 0.5) is 13.2 Å². The van der Waals surface area contributed by atoms with Gasteiger partial charge in [-0.25, -0.2) is 0 Å². The fourth-order valence-electron chi connectivity index (χ4n) is 3.49. The molecule has 1 fully saturated rings. The van der Waals surface area contributed by atoms with Crippen molar-refractivity contribution in [2.75, 3.05) is 33.2 Å². The second-order valence-corrected chi connectivity index (χ2v) is 7.11. The summed E-state index contributed by atoms with van der Waals surface area (Å²) in [7, 11) is 1.70. The summed E-state index contributed by atoms with van der Waals surface area (Å²) in [4.78, 5) is 7.81. The molecule has 1 N–H and O–H groups in total. The number of aliphatic imine (C=N–C) groups is 1. The summed E-state index contributed by atoms with van der Waals surface area (Å²) in [5.41, 5.74) is 2.29. The van der Waals surface area contributed by atoms with Crippen LogP contribution in [0, 0.1) is 0 Å². The highest BCUT2D eigenvalue weighted by atomic mass is 127. The fraction of sp³-hybridized carbons (Fsp3) is 0.500. The molecule has 0 bridgehead atoms. The van der Waals surface area contributed by atoms with E-state index < -0.39 is 12.2 Å². The van der Waals surface area contributed by atoms with E-state index in [1.54, 1.807) is 13.2 Å². The Morgan fingerprint density at radius 1 is 1.13 bits per heavy atom. The highest BCUT2D eigenvalue weighted by Crippen LogP contribution is 2.25. The van der Waals surface area contributed by atoms with Crippen LogP contribution in [0.3, 0.4) is 0 Å². The van der Waals surface area contributed by atoms with Gasteiger partial charge in [-0.3, -0.25) is 14.6 Å². The Morgan fingerprint density at radius 3 is 2.37 bits per heavy atom. The van der Waals surface area contributed by atoms with E-state index in [0.717, 1.165) is 11.1 Å². The van der Waals surface area contributed by atoms with Crippen LogP contribution in [0.25, 0.3) is 0 Å². The molecule has 0 saturated carbocycles. The van der Waals surface area contributed by atoms with Gasteiger partial charge in [-0.05, 0) is 24.1 Å². The summed E-state index contributed by atoms with van der Waals surface area (Å²) in [6, 6.07) is 8.58. The summed E-state index contributed by atoms with van der Waals surface area (Å²) in [5.74, 6) is 0.707. The predicted molar refractivity (Wildman–Crippen MR) is 122 cm³/mol. The average molecular weight is 536 g/mol. The number of piperazine rings is 1. The second kappa shape index (κ2) is 11.0. The standard InChI is InChI=1S/C20H27F3N6.HI/c1-16(20(21,22)23)27-10-12-28(13-11-27)19(24-2)25-14-17-6-3-4-7-18(17)15-29-9-5-8-26-29;/h3-9,16H,10-15H2,1-2H3,(H,24,25);1H. The van der Waals surface area contributed by atoms with Crippen LogP contribution in [0.15, 0.2) is 47.7 Å². The molecule has 10 heteroatoms. The smallest absolute Gasteiger partial charge is 0.352 e. The number of guanidine groups is 1. The van der Waals surface area contributed by atoms with Crippen molar-refractivity contribution in [3.63, 3.8) is 0 Å². The minimum Gasteiger partial charge on any atom is -0.352 e. The zero-order valence-electron chi connectivity index (χ0n) is 17.1. The Hall–Kier alpha value is -1.82. The van der Waals surface area contributed by atoms with Crippen molar-refractivity contribution in [2.45, 2.75) is 32.2 Å². The van der Waals surface area contributed by atoms with Gasteiger partial charge in [0, 0.05) is 52.2 Å². The molecule has 0 spiro atoms. The molecule has 1 aliphatic rings. The van der Waals surface area contributed by atoms with Crippen molar-refractivity contribution in [1.29, 1.82) is 0 Å². The summed E-state index contributed by atoms with van der Waals surface area (Å²) >= 11 is 0. The number of hydrogen-bond donors (Lipinski definition) is 1. The first kappa shape index (κ1) is 24.4. The summed E-state index contributed by atoms with van der Waals surface area (Å²) in [6.07, 6.45) is -0.521. The van der Waals surface area contributed by atoms with Crippen molar-refractivity contribution in [1.82, 2.24) is 24.9 Å². The minimum atomic E-state index is -4.19. The van der Waals surface area contributed by atoms with E-state index in [9.17, 15) is 13.2 Å². The molecule has 2 aromatic rings. The normalized spacial score (nSPS) is 16.8. The molecule has 1 aliphatic heterocycles. The maximum absolute atomic E-state index is 12.9. The number of hydrogen-bond acceptors (Lipinski definition) is 3. The monoisotopic (exact) mass is 536 g/mol. The van der Waals surface area contributed by atoms with Crippen LogP contribution in [0.2, 0.25) is 0 Å². The Balaban J connectivity index is 0.00000320. The van der Waals surface area contributed by atoms with Gasteiger partial charge in [0.2, 0.25) is 0 Å². The van der Waals surface area contributed by atoms with E-state index in [-0.39, 0.29) is 24.0 Å². The Morgan fingerprint density at radius 2 is 1.80 bits per heavy atom. The molecule has 6 nitrogen and oxygen atoms in total. The highest BCUT2D eigenvalue weighted by Gasteiger charge is 2.41. The first-order chi connectivity index (χ1) is 13.9. The van der Waals surface area contributed by atoms with Crippen molar-refractivity contribution < 1.29 is 13.2 Å². The van der Waals surface area contributed by atoms with Crippen LogP contribution < -0.4 is 5.32 Å². The quantitative estimate of drug-likeness (QED) is 0.363. The van der Waals surface area contributed by atoms with E-state index in [4.69, 9.17) is 0 Å². The van der Waals surface area contributed by atoms with Crippen LogP contribution in [0.1, 0.15) is 18.1 Å². The zero-order chi connectivity index (χ0) is 20.9. The fourth-order valence-corrected chi connectivity index (χ4v) is 3.49. The molecule has 0 aliphatic carbocycles. The summed E-state index contributed by atoms with van der Waals surface area (Å²) < 4.78 is 40.7. The first-order valence-electron chi connectivity index (χ1n) is 9.69. The van der Waals surface area contributed by atoms with Gasteiger partial charge >= 0.3 is 6.18 Å². The van der Waals surface area contributed by atoms with E-state index in [2.05, 4.69) is 27.5 Å². The number of aromatic nitrogens is 2. The largest absolute Gasteiger partial charge is 0.403 e. The Labute approximate surface area is 192 Å². The number of nitrogens with zero attached hydrogens (tertiary/aromatic N) is 5.